The number of carbonyl (C=O) groups excluding carboxylic acids is 2. The Bertz CT molecular complexity index is 733. The van der Waals surface area contributed by atoms with E-state index in [1.54, 1.807) is 6.07 Å². The fourth-order valence-electron chi connectivity index (χ4n) is 3.00. The summed E-state index contributed by atoms with van der Waals surface area (Å²) in [6.07, 6.45) is 0.269. The van der Waals surface area contributed by atoms with Crippen LogP contribution in [0.4, 0.5) is 0 Å². The largest absolute Gasteiger partial charge is 0.354 e. The van der Waals surface area contributed by atoms with Crippen molar-refractivity contribution in [3.63, 3.8) is 0 Å². The lowest BCUT2D eigenvalue weighted by atomic mass is 10.0. The first-order valence-electron chi connectivity index (χ1n) is 7.47. The zero-order chi connectivity index (χ0) is 15.7. The molecule has 1 aromatic carbocycles. The maximum Gasteiger partial charge on any atom is 0.228 e. The SMILES string of the molecule is Cc1cc(C)n(CCNC(=O)[C@@H]2CC(=O)c3ccccc32)n1. The molecule has 2 aromatic rings. The number of aryl methyl sites for hydroxylation is 2. The second kappa shape index (κ2) is 5.75. The lowest BCUT2D eigenvalue weighted by Gasteiger charge is -2.12. The van der Waals surface area contributed by atoms with Gasteiger partial charge in [0.25, 0.3) is 0 Å². The molecule has 1 aromatic heterocycles. The highest BCUT2D eigenvalue weighted by Gasteiger charge is 2.33. The Morgan fingerprint density at radius 3 is 2.86 bits per heavy atom. The maximum absolute atomic E-state index is 12.3. The predicted octanol–water partition coefficient (Wildman–Crippen LogP) is 1.99. The van der Waals surface area contributed by atoms with Crippen LogP contribution >= 0.6 is 0 Å². The number of carbonyl (C=O) groups is 2. The third-order valence-corrected chi connectivity index (χ3v) is 4.07. The molecular formula is C17H19N3O2. The van der Waals surface area contributed by atoms with Crippen LogP contribution in [0, 0.1) is 13.8 Å². The Morgan fingerprint density at radius 2 is 2.14 bits per heavy atom. The Kier molecular flexibility index (Phi) is 3.79. The number of hydrogen-bond donors (Lipinski definition) is 1. The molecule has 22 heavy (non-hydrogen) atoms. The van der Waals surface area contributed by atoms with E-state index in [-0.39, 0.29) is 24.0 Å². The zero-order valence-electron chi connectivity index (χ0n) is 12.8. The van der Waals surface area contributed by atoms with E-state index in [0.717, 1.165) is 17.0 Å². The molecule has 1 atom stereocenters. The lowest BCUT2D eigenvalue weighted by Crippen LogP contribution is -2.31. The minimum Gasteiger partial charge on any atom is -0.354 e. The van der Waals surface area contributed by atoms with Crippen molar-refractivity contribution in [3.05, 3.63) is 52.8 Å². The molecule has 1 aliphatic carbocycles. The molecule has 5 heteroatoms. The van der Waals surface area contributed by atoms with Gasteiger partial charge in [-0.1, -0.05) is 24.3 Å². The van der Waals surface area contributed by atoms with Gasteiger partial charge in [-0.2, -0.15) is 5.10 Å². The highest BCUT2D eigenvalue weighted by atomic mass is 16.2. The summed E-state index contributed by atoms with van der Waals surface area (Å²) in [6.45, 7) is 5.08. The van der Waals surface area contributed by atoms with E-state index >= 15 is 0 Å². The van der Waals surface area contributed by atoms with Gasteiger partial charge < -0.3 is 5.32 Å². The van der Waals surface area contributed by atoms with Crippen LogP contribution in [0.1, 0.15) is 39.6 Å². The fourth-order valence-corrected chi connectivity index (χ4v) is 3.00. The second-order valence-electron chi connectivity index (χ2n) is 5.71. The summed E-state index contributed by atoms with van der Waals surface area (Å²) < 4.78 is 1.88. The molecule has 0 unspecified atom stereocenters. The molecule has 1 aliphatic rings. The molecule has 5 nitrogen and oxygen atoms in total. The third kappa shape index (κ3) is 2.66. The van der Waals surface area contributed by atoms with Gasteiger partial charge in [-0.15, -0.1) is 0 Å². The number of aromatic nitrogens is 2. The van der Waals surface area contributed by atoms with Crippen LogP contribution in [0.5, 0.6) is 0 Å². The van der Waals surface area contributed by atoms with Crippen molar-refractivity contribution in [1.29, 1.82) is 0 Å². The number of amides is 1. The maximum atomic E-state index is 12.3. The van der Waals surface area contributed by atoms with Gasteiger partial charge >= 0.3 is 0 Å². The molecule has 1 heterocycles. The Balaban J connectivity index is 1.62. The first-order chi connectivity index (χ1) is 10.6. The van der Waals surface area contributed by atoms with E-state index in [1.807, 2.05) is 42.8 Å². The van der Waals surface area contributed by atoms with Crippen LogP contribution in [0.25, 0.3) is 0 Å². The van der Waals surface area contributed by atoms with Crippen LogP contribution in [0.3, 0.4) is 0 Å². The van der Waals surface area contributed by atoms with Gasteiger partial charge in [0.15, 0.2) is 5.78 Å². The number of Topliss-reactive ketones (excluding diaryl/α,β-unsaturated/α-hetero) is 1. The Labute approximate surface area is 129 Å². The number of benzene rings is 1. The van der Waals surface area contributed by atoms with Gasteiger partial charge in [-0.3, -0.25) is 14.3 Å². The molecule has 0 saturated carbocycles. The predicted molar refractivity (Wildman–Crippen MR) is 82.8 cm³/mol. The molecule has 1 N–H and O–H groups in total. The average molecular weight is 297 g/mol. The molecular weight excluding hydrogens is 278 g/mol. The van der Waals surface area contributed by atoms with Crippen molar-refractivity contribution >= 4 is 11.7 Å². The van der Waals surface area contributed by atoms with E-state index in [9.17, 15) is 9.59 Å². The van der Waals surface area contributed by atoms with Crippen molar-refractivity contribution in [1.82, 2.24) is 15.1 Å². The summed E-state index contributed by atoms with van der Waals surface area (Å²) in [6, 6.07) is 9.37. The minimum absolute atomic E-state index is 0.0503. The van der Waals surface area contributed by atoms with E-state index in [2.05, 4.69) is 10.4 Å². The molecule has 114 valence electrons. The van der Waals surface area contributed by atoms with Crippen molar-refractivity contribution in [2.45, 2.75) is 32.7 Å². The number of fused-ring (bicyclic) bond motifs is 1. The van der Waals surface area contributed by atoms with E-state index in [0.29, 0.717) is 18.7 Å². The van der Waals surface area contributed by atoms with Crippen molar-refractivity contribution in [2.75, 3.05) is 6.54 Å². The average Bonchev–Trinajstić information content (AvgIpc) is 2.99. The molecule has 0 saturated heterocycles. The monoisotopic (exact) mass is 297 g/mol. The van der Waals surface area contributed by atoms with E-state index in [4.69, 9.17) is 0 Å². The van der Waals surface area contributed by atoms with Crippen molar-refractivity contribution < 1.29 is 9.59 Å². The number of rotatable bonds is 4. The molecule has 0 spiro atoms. The van der Waals surface area contributed by atoms with Gasteiger partial charge in [0.05, 0.1) is 18.2 Å². The standard InChI is InChI=1S/C17H19N3O2/c1-11-9-12(2)20(19-11)8-7-18-17(22)15-10-16(21)14-6-4-3-5-13(14)15/h3-6,9,15H,7-8,10H2,1-2H3,(H,18,22)/t15-/m1/s1. The summed E-state index contributed by atoms with van der Waals surface area (Å²) >= 11 is 0. The van der Waals surface area contributed by atoms with Crippen LogP contribution in [0.15, 0.2) is 30.3 Å². The van der Waals surface area contributed by atoms with Gasteiger partial charge in [-0.05, 0) is 25.5 Å². The van der Waals surface area contributed by atoms with Gasteiger partial charge in [0, 0.05) is 24.2 Å². The normalized spacial score (nSPS) is 16.6. The highest BCUT2D eigenvalue weighted by molar-refractivity contribution is 6.06. The van der Waals surface area contributed by atoms with E-state index < -0.39 is 0 Å². The number of ketones is 1. The number of nitrogens with one attached hydrogen (secondary N) is 1. The molecule has 0 fully saturated rings. The quantitative estimate of drug-likeness (QED) is 0.938. The number of nitrogens with zero attached hydrogens (tertiary/aromatic N) is 2. The Hall–Kier alpha value is -2.43. The second-order valence-corrected chi connectivity index (χ2v) is 5.71. The highest BCUT2D eigenvalue weighted by Crippen LogP contribution is 2.32. The smallest absolute Gasteiger partial charge is 0.228 e. The van der Waals surface area contributed by atoms with Crippen molar-refractivity contribution in [3.8, 4) is 0 Å². The molecule has 0 bridgehead atoms. The summed E-state index contributed by atoms with van der Waals surface area (Å²) in [5.74, 6) is -0.390. The molecule has 1 amide bonds. The summed E-state index contributed by atoms with van der Waals surface area (Å²) in [5, 5.41) is 7.28. The van der Waals surface area contributed by atoms with Crippen LogP contribution in [0.2, 0.25) is 0 Å². The first-order valence-corrected chi connectivity index (χ1v) is 7.47. The lowest BCUT2D eigenvalue weighted by molar-refractivity contribution is -0.122. The molecule has 3 rings (SSSR count). The summed E-state index contributed by atoms with van der Waals surface area (Å²) in [5.41, 5.74) is 3.57. The van der Waals surface area contributed by atoms with Gasteiger partial charge in [0.1, 0.15) is 0 Å². The van der Waals surface area contributed by atoms with Crippen LogP contribution in [-0.2, 0) is 11.3 Å². The number of hydrogen-bond acceptors (Lipinski definition) is 3. The van der Waals surface area contributed by atoms with E-state index in [1.165, 1.54) is 0 Å². The molecule has 0 radical (unpaired) electrons. The summed E-state index contributed by atoms with van der Waals surface area (Å²) in [7, 11) is 0. The van der Waals surface area contributed by atoms with Crippen molar-refractivity contribution in [2.24, 2.45) is 0 Å². The summed E-state index contributed by atoms with van der Waals surface area (Å²) in [4.78, 5) is 24.3. The zero-order valence-corrected chi connectivity index (χ0v) is 12.8. The first kappa shape index (κ1) is 14.5. The van der Waals surface area contributed by atoms with Gasteiger partial charge in [0.2, 0.25) is 5.91 Å². The minimum atomic E-state index is -0.357. The topological polar surface area (TPSA) is 64.0 Å². The van der Waals surface area contributed by atoms with Crippen LogP contribution in [-0.4, -0.2) is 28.0 Å². The van der Waals surface area contributed by atoms with Gasteiger partial charge in [-0.25, -0.2) is 0 Å². The van der Waals surface area contributed by atoms with Crippen LogP contribution < -0.4 is 5.32 Å². The fraction of sp³-hybridized carbons (Fsp3) is 0.353. The third-order valence-electron chi connectivity index (χ3n) is 4.07. The Morgan fingerprint density at radius 1 is 1.36 bits per heavy atom. The molecule has 0 aliphatic heterocycles.